The third-order valence-electron chi connectivity index (χ3n) is 6.46. The maximum Gasteiger partial charge on any atom is 0.422 e. The van der Waals surface area contributed by atoms with Gasteiger partial charge in [0.15, 0.2) is 12.4 Å². The molecule has 4 saturated heterocycles. The third kappa shape index (κ3) is 4.51. The number of Topliss-reactive ketones (excluding diaryl/α,β-unsaturated/α-hetero) is 1. The van der Waals surface area contributed by atoms with Gasteiger partial charge in [0.2, 0.25) is 5.88 Å². The number of fused-ring (bicyclic) bond motifs is 3. The molecule has 6 nitrogen and oxygen atoms in total. The van der Waals surface area contributed by atoms with Crippen molar-refractivity contribution in [1.29, 1.82) is 0 Å². The number of halogens is 3. The Bertz CT molecular complexity index is 957. The highest BCUT2D eigenvalue weighted by molar-refractivity contribution is 5.96. The van der Waals surface area contributed by atoms with Crippen LogP contribution >= 0.6 is 0 Å². The SMILES string of the molecule is O=C(CC1NC1c1ccc(C23CCC(CO2)NC3)cc1)c1ccc(OCC(F)(F)F)nc1. The Morgan fingerprint density at radius 1 is 1.22 bits per heavy atom. The van der Waals surface area contributed by atoms with Gasteiger partial charge in [-0.25, -0.2) is 4.98 Å². The number of benzene rings is 1. The quantitative estimate of drug-likeness (QED) is 0.501. The van der Waals surface area contributed by atoms with Crippen molar-refractivity contribution in [2.24, 2.45) is 0 Å². The average Bonchev–Trinajstić information content (AvgIpc) is 3.58. The molecule has 4 unspecified atom stereocenters. The number of rotatable bonds is 7. The summed E-state index contributed by atoms with van der Waals surface area (Å²) in [5.41, 5.74) is 2.42. The van der Waals surface area contributed by atoms with Crippen LogP contribution in [0, 0.1) is 0 Å². The number of hydrogen-bond acceptors (Lipinski definition) is 6. The van der Waals surface area contributed by atoms with Gasteiger partial charge in [0, 0.05) is 48.9 Å². The van der Waals surface area contributed by atoms with Crippen molar-refractivity contribution in [3.63, 3.8) is 0 Å². The maximum atomic E-state index is 12.5. The molecule has 4 fully saturated rings. The van der Waals surface area contributed by atoms with E-state index in [2.05, 4.69) is 44.6 Å². The number of morpholine rings is 1. The first-order valence-corrected chi connectivity index (χ1v) is 10.7. The Labute approximate surface area is 183 Å². The smallest absolute Gasteiger partial charge is 0.422 e. The Morgan fingerprint density at radius 3 is 2.62 bits per heavy atom. The fourth-order valence-electron chi connectivity index (χ4n) is 4.54. The zero-order chi connectivity index (χ0) is 22.3. The first-order chi connectivity index (χ1) is 15.3. The van der Waals surface area contributed by atoms with Gasteiger partial charge in [-0.05, 0) is 30.0 Å². The Balaban J connectivity index is 1.15. The van der Waals surface area contributed by atoms with Crippen molar-refractivity contribution in [3.8, 4) is 5.88 Å². The number of carbonyl (C=O) groups is 1. The summed E-state index contributed by atoms with van der Waals surface area (Å²) in [6.45, 7) is 0.175. The summed E-state index contributed by atoms with van der Waals surface area (Å²) >= 11 is 0. The first-order valence-electron chi connectivity index (χ1n) is 10.7. The minimum atomic E-state index is -4.43. The van der Waals surface area contributed by atoms with Crippen LogP contribution in [0.4, 0.5) is 13.2 Å². The number of ketones is 1. The van der Waals surface area contributed by atoms with E-state index in [9.17, 15) is 18.0 Å². The van der Waals surface area contributed by atoms with Crippen molar-refractivity contribution in [3.05, 3.63) is 59.3 Å². The molecule has 9 heteroatoms. The van der Waals surface area contributed by atoms with Gasteiger partial charge in [-0.3, -0.25) is 4.79 Å². The van der Waals surface area contributed by atoms with E-state index >= 15 is 0 Å². The summed E-state index contributed by atoms with van der Waals surface area (Å²) < 4.78 is 47.3. The molecule has 0 amide bonds. The van der Waals surface area contributed by atoms with Crippen molar-refractivity contribution < 1.29 is 27.4 Å². The molecular weight excluding hydrogens is 423 g/mol. The van der Waals surface area contributed by atoms with E-state index in [0.29, 0.717) is 11.6 Å². The van der Waals surface area contributed by atoms with Crippen LogP contribution in [0.25, 0.3) is 0 Å². The van der Waals surface area contributed by atoms with Crippen LogP contribution < -0.4 is 15.4 Å². The topological polar surface area (TPSA) is 82.4 Å². The number of carbonyl (C=O) groups excluding carboxylic acids is 1. The molecule has 2 N–H and O–H groups in total. The van der Waals surface area contributed by atoms with Crippen LogP contribution in [-0.2, 0) is 10.3 Å². The second-order valence-corrected chi connectivity index (χ2v) is 8.71. The predicted molar refractivity (Wildman–Crippen MR) is 109 cm³/mol. The molecule has 0 aliphatic carbocycles. The van der Waals surface area contributed by atoms with Crippen LogP contribution in [0.3, 0.4) is 0 Å². The highest BCUT2D eigenvalue weighted by atomic mass is 19.4. The van der Waals surface area contributed by atoms with E-state index in [1.165, 1.54) is 23.9 Å². The fourth-order valence-corrected chi connectivity index (χ4v) is 4.54. The predicted octanol–water partition coefficient (Wildman–Crippen LogP) is 3.29. The molecule has 5 heterocycles. The minimum absolute atomic E-state index is 0.0238. The van der Waals surface area contributed by atoms with Crippen molar-refractivity contribution in [2.75, 3.05) is 19.8 Å². The lowest BCUT2D eigenvalue weighted by Crippen LogP contribution is -2.57. The summed E-state index contributed by atoms with van der Waals surface area (Å²) in [7, 11) is 0. The zero-order valence-corrected chi connectivity index (χ0v) is 17.3. The largest absolute Gasteiger partial charge is 0.468 e. The summed E-state index contributed by atoms with van der Waals surface area (Å²) in [5.74, 6) is -0.277. The normalized spacial score (nSPS) is 29.0. The lowest BCUT2D eigenvalue weighted by Gasteiger charge is -2.47. The van der Waals surface area contributed by atoms with Gasteiger partial charge in [0.05, 0.1) is 6.61 Å². The van der Waals surface area contributed by atoms with E-state index in [-0.39, 0.29) is 35.8 Å². The molecule has 4 aliphatic heterocycles. The van der Waals surface area contributed by atoms with Gasteiger partial charge in [-0.2, -0.15) is 13.2 Å². The van der Waals surface area contributed by atoms with Gasteiger partial charge in [-0.15, -0.1) is 0 Å². The monoisotopic (exact) mass is 447 g/mol. The van der Waals surface area contributed by atoms with Crippen LogP contribution in [0.15, 0.2) is 42.6 Å². The van der Waals surface area contributed by atoms with Crippen LogP contribution in [0.2, 0.25) is 0 Å². The van der Waals surface area contributed by atoms with Gasteiger partial charge in [0.25, 0.3) is 0 Å². The summed E-state index contributed by atoms with van der Waals surface area (Å²) in [6, 6.07) is 11.7. The highest BCUT2D eigenvalue weighted by Gasteiger charge is 2.43. The van der Waals surface area contributed by atoms with Gasteiger partial charge in [0.1, 0.15) is 5.60 Å². The fraction of sp³-hybridized carbons (Fsp3) is 0.478. The van der Waals surface area contributed by atoms with Crippen molar-refractivity contribution >= 4 is 5.78 Å². The summed E-state index contributed by atoms with van der Waals surface area (Å²) in [5, 5.41) is 6.86. The Kier molecular flexibility index (Phi) is 5.43. The molecule has 0 radical (unpaired) electrons. The highest BCUT2D eigenvalue weighted by Crippen LogP contribution is 2.40. The molecule has 170 valence electrons. The number of alkyl halides is 3. The number of pyridine rings is 1. The van der Waals surface area contributed by atoms with Gasteiger partial charge in [-0.1, -0.05) is 24.3 Å². The number of piperidine rings is 1. The van der Waals surface area contributed by atoms with Crippen LogP contribution in [0.1, 0.15) is 46.8 Å². The first kappa shape index (κ1) is 21.4. The number of aromatic nitrogens is 1. The molecule has 4 atom stereocenters. The van der Waals surface area contributed by atoms with E-state index in [1.807, 2.05) is 0 Å². The van der Waals surface area contributed by atoms with Crippen LogP contribution in [-0.4, -0.2) is 48.8 Å². The Hall–Kier alpha value is -2.49. The van der Waals surface area contributed by atoms with Crippen molar-refractivity contribution in [2.45, 2.75) is 49.2 Å². The molecule has 4 aliphatic rings. The van der Waals surface area contributed by atoms with E-state index in [0.717, 1.165) is 31.6 Å². The zero-order valence-electron chi connectivity index (χ0n) is 17.3. The number of nitrogens with zero attached hydrogens (tertiary/aromatic N) is 1. The molecule has 0 saturated carbocycles. The number of hydrogen-bond donors (Lipinski definition) is 2. The lowest BCUT2D eigenvalue weighted by molar-refractivity contribution is -0.154. The molecular formula is C23H24F3N3O3. The van der Waals surface area contributed by atoms with Gasteiger partial charge >= 0.3 is 6.18 Å². The molecule has 2 bridgehead atoms. The molecule has 1 aromatic carbocycles. The molecule has 2 aromatic rings. The average molecular weight is 447 g/mol. The second kappa shape index (κ2) is 8.13. The van der Waals surface area contributed by atoms with E-state index in [4.69, 9.17) is 4.74 Å². The molecule has 1 aromatic heterocycles. The van der Waals surface area contributed by atoms with E-state index in [1.54, 1.807) is 0 Å². The summed E-state index contributed by atoms with van der Waals surface area (Å²) in [4.78, 5) is 16.3. The minimum Gasteiger partial charge on any atom is -0.468 e. The molecule has 32 heavy (non-hydrogen) atoms. The Morgan fingerprint density at radius 2 is 2.03 bits per heavy atom. The standard InChI is InChI=1S/C23H24F3N3O3/c24-23(25,26)13-31-20-6-3-15(10-27-20)19(30)9-18-21(29-18)14-1-4-16(5-2-14)22-8-7-17(11-32-22)28-12-22/h1-6,10,17-18,21,28-29H,7-9,11-13H2. The number of ether oxygens (including phenoxy) is 2. The molecule has 0 spiro atoms. The summed E-state index contributed by atoms with van der Waals surface area (Å²) in [6.07, 6.45) is -0.737. The molecule has 6 rings (SSSR count). The third-order valence-corrected chi connectivity index (χ3v) is 6.46. The van der Waals surface area contributed by atoms with E-state index < -0.39 is 12.8 Å². The van der Waals surface area contributed by atoms with Crippen LogP contribution in [0.5, 0.6) is 5.88 Å². The maximum absolute atomic E-state index is 12.5. The number of nitrogens with one attached hydrogen (secondary N) is 2. The second-order valence-electron chi connectivity index (χ2n) is 8.71. The van der Waals surface area contributed by atoms with Gasteiger partial charge < -0.3 is 20.1 Å². The van der Waals surface area contributed by atoms with Crippen molar-refractivity contribution in [1.82, 2.24) is 15.6 Å². The lowest BCUT2D eigenvalue weighted by atomic mass is 9.81.